The molecule has 0 saturated heterocycles. The van der Waals surface area contributed by atoms with Gasteiger partial charge >= 0.3 is 0 Å². The number of carbonyl (C=O) groups is 1. The van der Waals surface area contributed by atoms with E-state index in [4.69, 9.17) is 0 Å². The third-order valence-corrected chi connectivity index (χ3v) is 5.71. The summed E-state index contributed by atoms with van der Waals surface area (Å²) in [4.78, 5) is 12.5. The van der Waals surface area contributed by atoms with Crippen molar-refractivity contribution in [1.82, 2.24) is 4.31 Å². The number of rotatable bonds is 3. The first-order valence-electron chi connectivity index (χ1n) is 7.34. The van der Waals surface area contributed by atoms with Crippen LogP contribution < -0.4 is 0 Å². The zero-order valence-electron chi connectivity index (χ0n) is 12.7. The van der Waals surface area contributed by atoms with E-state index in [1.54, 1.807) is 54.6 Å². The fourth-order valence-corrected chi connectivity index (χ4v) is 4.20. The zero-order valence-corrected chi connectivity index (χ0v) is 13.5. The van der Waals surface area contributed by atoms with Gasteiger partial charge in [-0.15, -0.1) is 0 Å². The van der Waals surface area contributed by atoms with E-state index in [9.17, 15) is 13.2 Å². The van der Waals surface area contributed by atoms with Gasteiger partial charge in [0.15, 0.2) is 5.78 Å². The molecule has 0 amide bonds. The molecule has 1 aliphatic rings. The van der Waals surface area contributed by atoms with Gasteiger partial charge in [0, 0.05) is 6.54 Å². The van der Waals surface area contributed by atoms with Crippen LogP contribution in [0.4, 0.5) is 0 Å². The summed E-state index contributed by atoms with van der Waals surface area (Å²) in [5, 5.41) is 0. The van der Waals surface area contributed by atoms with E-state index in [2.05, 4.69) is 0 Å². The molecule has 3 rings (SSSR count). The van der Waals surface area contributed by atoms with Crippen molar-refractivity contribution in [3.8, 4) is 0 Å². The average molecular weight is 327 g/mol. The molecule has 0 aromatic heterocycles. The molecule has 0 spiro atoms. The lowest BCUT2D eigenvalue weighted by molar-refractivity contribution is -0.118. The fourth-order valence-electron chi connectivity index (χ4n) is 2.66. The van der Waals surface area contributed by atoms with Crippen LogP contribution in [-0.2, 0) is 14.8 Å². The lowest BCUT2D eigenvalue weighted by Crippen LogP contribution is -2.40. The van der Waals surface area contributed by atoms with Crippen LogP contribution in [-0.4, -0.2) is 25.1 Å². The maximum absolute atomic E-state index is 13.0. The van der Waals surface area contributed by atoms with Gasteiger partial charge in [-0.25, -0.2) is 8.42 Å². The molecule has 2 aromatic rings. The molecule has 1 atom stereocenters. The minimum Gasteiger partial charge on any atom is -0.293 e. The van der Waals surface area contributed by atoms with E-state index in [0.29, 0.717) is 5.56 Å². The highest BCUT2D eigenvalue weighted by atomic mass is 32.2. The third-order valence-electron chi connectivity index (χ3n) is 3.87. The normalized spacial score (nSPS) is 19.0. The van der Waals surface area contributed by atoms with Crippen molar-refractivity contribution < 1.29 is 13.2 Å². The second kappa shape index (κ2) is 6.10. The average Bonchev–Trinajstić information content (AvgIpc) is 2.56. The predicted octanol–water partition coefficient (Wildman–Crippen LogP) is 2.87. The molecule has 0 saturated carbocycles. The number of carbonyl (C=O) groups excluding carboxylic acids is 1. The predicted molar refractivity (Wildman–Crippen MR) is 88.4 cm³/mol. The van der Waals surface area contributed by atoms with E-state index in [0.717, 1.165) is 5.56 Å². The Morgan fingerprint density at radius 3 is 2.30 bits per heavy atom. The van der Waals surface area contributed by atoms with Gasteiger partial charge in [-0.1, -0.05) is 54.1 Å². The van der Waals surface area contributed by atoms with Gasteiger partial charge in [0.05, 0.1) is 4.90 Å². The van der Waals surface area contributed by atoms with Gasteiger partial charge in [0.1, 0.15) is 6.04 Å². The van der Waals surface area contributed by atoms with E-state index in [-0.39, 0.29) is 17.2 Å². The molecule has 0 aliphatic carbocycles. The van der Waals surface area contributed by atoms with Gasteiger partial charge in [-0.3, -0.25) is 4.79 Å². The first-order chi connectivity index (χ1) is 11.0. The van der Waals surface area contributed by atoms with Crippen LogP contribution >= 0.6 is 0 Å². The molecule has 1 unspecified atom stereocenters. The molecule has 1 aliphatic heterocycles. The van der Waals surface area contributed by atoms with E-state index in [1.807, 2.05) is 13.0 Å². The van der Waals surface area contributed by atoms with Crippen LogP contribution in [0.25, 0.3) is 0 Å². The summed E-state index contributed by atoms with van der Waals surface area (Å²) >= 11 is 0. The molecule has 1 heterocycles. The van der Waals surface area contributed by atoms with Crippen LogP contribution in [0.15, 0.2) is 71.6 Å². The molecule has 2 aromatic carbocycles. The summed E-state index contributed by atoms with van der Waals surface area (Å²) in [7, 11) is -3.75. The van der Waals surface area contributed by atoms with Crippen molar-refractivity contribution in [3.05, 3.63) is 77.9 Å². The largest absolute Gasteiger partial charge is 0.293 e. The number of nitrogens with zero attached hydrogens (tertiary/aromatic N) is 1. The number of sulfonamides is 1. The maximum atomic E-state index is 13.0. The van der Waals surface area contributed by atoms with E-state index in [1.165, 1.54) is 10.4 Å². The minimum atomic E-state index is -3.75. The molecular weight excluding hydrogens is 310 g/mol. The van der Waals surface area contributed by atoms with Gasteiger partial charge in [-0.2, -0.15) is 4.31 Å². The van der Waals surface area contributed by atoms with Crippen LogP contribution in [0, 0.1) is 6.92 Å². The van der Waals surface area contributed by atoms with Crippen molar-refractivity contribution in [2.45, 2.75) is 17.9 Å². The molecule has 0 fully saturated rings. The molecule has 0 radical (unpaired) electrons. The molecular formula is C18H17NO3S. The van der Waals surface area contributed by atoms with Crippen LogP contribution in [0.5, 0.6) is 0 Å². The number of benzene rings is 2. The summed E-state index contributed by atoms with van der Waals surface area (Å²) in [6.07, 6.45) is 3.05. The lowest BCUT2D eigenvalue weighted by atomic mass is 10.0. The second-order valence-corrected chi connectivity index (χ2v) is 7.40. The minimum absolute atomic E-state index is 0.182. The first kappa shape index (κ1) is 15.6. The highest BCUT2D eigenvalue weighted by Gasteiger charge is 2.37. The SMILES string of the molecule is Cc1ccc(S(=O)(=O)N2CC=CC(=O)C2c2ccccc2)cc1. The molecule has 0 bridgehead atoms. The molecule has 0 N–H and O–H groups in total. The Morgan fingerprint density at radius 1 is 1.00 bits per heavy atom. The number of aryl methyl sites for hydroxylation is 1. The third kappa shape index (κ3) is 2.98. The first-order valence-corrected chi connectivity index (χ1v) is 8.78. The van der Waals surface area contributed by atoms with Gasteiger partial charge in [0.25, 0.3) is 0 Å². The Bertz CT molecular complexity index is 840. The monoisotopic (exact) mass is 327 g/mol. The summed E-state index contributed by atoms with van der Waals surface area (Å²) in [5.41, 5.74) is 1.66. The summed E-state index contributed by atoms with van der Waals surface area (Å²) in [6.45, 7) is 2.08. The molecule has 4 nitrogen and oxygen atoms in total. The topological polar surface area (TPSA) is 54.5 Å². The van der Waals surface area contributed by atoms with Crippen molar-refractivity contribution in [2.75, 3.05) is 6.54 Å². The summed E-state index contributed by atoms with van der Waals surface area (Å²) in [5.74, 6) is -0.224. The number of hydrogen-bond donors (Lipinski definition) is 0. The van der Waals surface area contributed by atoms with E-state index < -0.39 is 16.1 Å². The van der Waals surface area contributed by atoms with E-state index >= 15 is 0 Å². The molecule has 5 heteroatoms. The number of ketones is 1. The van der Waals surface area contributed by atoms with Gasteiger partial charge in [-0.05, 0) is 30.7 Å². The second-order valence-electron chi connectivity index (χ2n) is 5.51. The Kier molecular flexibility index (Phi) is 4.15. The smallest absolute Gasteiger partial charge is 0.244 e. The van der Waals surface area contributed by atoms with Crippen molar-refractivity contribution >= 4 is 15.8 Å². The van der Waals surface area contributed by atoms with Gasteiger partial charge < -0.3 is 0 Å². The van der Waals surface area contributed by atoms with Crippen LogP contribution in [0.2, 0.25) is 0 Å². The van der Waals surface area contributed by atoms with Crippen LogP contribution in [0.3, 0.4) is 0 Å². The van der Waals surface area contributed by atoms with Crippen LogP contribution in [0.1, 0.15) is 17.2 Å². The zero-order chi connectivity index (χ0) is 16.4. The fraction of sp³-hybridized carbons (Fsp3) is 0.167. The Hall–Kier alpha value is -2.24. The molecule has 23 heavy (non-hydrogen) atoms. The maximum Gasteiger partial charge on any atom is 0.244 e. The summed E-state index contributed by atoms with van der Waals surface area (Å²) < 4.78 is 27.2. The van der Waals surface area contributed by atoms with Crippen molar-refractivity contribution in [2.24, 2.45) is 0 Å². The number of hydrogen-bond acceptors (Lipinski definition) is 3. The highest BCUT2D eigenvalue weighted by molar-refractivity contribution is 7.89. The highest BCUT2D eigenvalue weighted by Crippen LogP contribution is 2.31. The van der Waals surface area contributed by atoms with Gasteiger partial charge in [0.2, 0.25) is 10.0 Å². The molecule has 118 valence electrons. The Morgan fingerprint density at radius 2 is 1.65 bits per heavy atom. The lowest BCUT2D eigenvalue weighted by Gasteiger charge is -2.31. The summed E-state index contributed by atoms with van der Waals surface area (Å²) in [6, 6.07) is 14.9. The Balaban J connectivity index is 2.07. The Labute approximate surface area is 136 Å². The standard InChI is InChI=1S/C18H17NO3S/c1-14-9-11-16(12-10-14)23(21,22)19-13-5-8-17(20)18(19)15-6-3-2-4-7-15/h2-12,18H,13H2,1H3. The quantitative estimate of drug-likeness (QED) is 0.871. The van der Waals surface area contributed by atoms with Crippen molar-refractivity contribution in [1.29, 1.82) is 0 Å². The van der Waals surface area contributed by atoms with Crippen molar-refractivity contribution in [3.63, 3.8) is 0 Å².